The first-order valence-electron chi connectivity index (χ1n) is 5.13. The normalized spacial score (nSPS) is 13.0. The molecule has 0 saturated heterocycles. The lowest BCUT2D eigenvalue weighted by atomic mass is 10.2. The first-order chi connectivity index (χ1) is 6.84. The Morgan fingerprint density at radius 1 is 1.50 bits per heavy atom. The lowest BCUT2D eigenvalue weighted by Gasteiger charge is -2.08. The zero-order valence-electron chi connectivity index (χ0n) is 8.61. The van der Waals surface area contributed by atoms with E-state index in [0.717, 1.165) is 24.3 Å². The number of thiophene rings is 1. The molecule has 0 aliphatic heterocycles. The summed E-state index contributed by atoms with van der Waals surface area (Å²) in [5.74, 6) is 0. The Morgan fingerprint density at radius 3 is 3.00 bits per heavy atom. The van der Waals surface area contributed by atoms with Crippen molar-refractivity contribution < 1.29 is 9.84 Å². The van der Waals surface area contributed by atoms with Gasteiger partial charge in [-0.1, -0.05) is 19.4 Å². The van der Waals surface area contributed by atoms with Gasteiger partial charge in [0.05, 0.1) is 6.10 Å². The summed E-state index contributed by atoms with van der Waals surface area (Å²) >= 11 is 1.59. The highest BCUT2D eigenvalue weighted by Crippen LogP contribution is 2.21. The third-order valence-corrected chi connectivity index (χ3v) is 3.02. The van der Waals surface area contributed by atoms with Gasteiger partial charge in [0.2, 0.25) is 0 Å². The van der Waals surface area contributed by atoms with E-state index in [9.17, 15) is 5.11 Å². The average Bonchev–Trinajstić information content (AvgIpc) is 2.70. The number of aliphatic hydroxyl groups excluding tert-OH is 1. The summed E-state index contributed by atoms with van der Waals surface area (Å²) in [4.78, 5) is 1.03. The van der Waals surface area contributed by atoms with Crippen LogP contribution in [0.5, 0.6) is 0 Å². The van der Waals surface area contributed by atoms with Crippen LogP contribution >= 0.6 is 11.3 Å². The van der Waals surface area contributed by atoms with Crippen molar-refractivity contribution in [3.63, 3.8) is 0 Å². The Hall–Kier alpha value is -0.380. The van der Waals surface area contributed by atoms with E-state index in [2.05, 4.69) is 6.92 Å². The smallest absolute Gasteiger partial charge is 0.0903 e. The fraction of sp³-hybridized carbons (Fsp3) is 0.636. The van der Waals surface area contributed by atoms with Crippen LogP contribution in [0.15, 0.2) is 17.5 Å². The summed E-state index contributed by atoms with van der Waals surface area (Å²) in [5, 5.41) is 11.7. The minimum Gasteiger partial charge on any atom is -0.387 e. The van der Waals surface area contributed by atoms with Crippen LogP contribution in [-0.2, 0) is 4.74 Å². The highest BCUT2D eigenvalue weighted by Gasteiger charge is 2.07. The Morgan fingerprint density at radius 2 is 2.36 bits per heavy atom. The predicted molar refractivity (Wildman–Crippen MR) is 59.6 cm³/mol. The molecule has 1 aromatic heterocycles. The van der Waals surface area contributed by atoms with Crippen molar-refractivity contribution in [3.8, 4) is 0 Å². The highest BCUT2D eigenvalue weighted by molar-refractivity contribution is 7.10. The first-order valence-corrected chi connectivity index (χ1v) is 6.01. The number of unbranched alkanes of at least 4 members (excludes halogenated alkanes) is 1. The molecule has 1 N–H and O–H groups in total. The van der Waals surface area contributed by atoms with Crippen molar-refractivity contribution in [1.29, 1.82) is 0 Å². The second-order valence-electron chi connectivity index (χ2n) is 3.29. The molecule has 0 fully saturated rings. The van der Waals surface area contributed by atoms with Crippen LogP contribution in [-0.4, -0.2) is 18.3 Å². The van der Waals surface area contributed by atoms with Gasteiger partial charge in [0, 0.05) is 24.5 Å². The molecule has 0 spiro atoms. The number of rotatable bonds is 7. The lowest BCUT2D eigenvalue weighted by Crippen LogP contribution is -2.02. The van der Waals surface area contributed by atoms with Crippen LogP contribution < -0.4 is 0 Å². The molecule has 0 amide bonds. The third-order valence-electron chi connectivity index (χ3n) is 2.05. The van der Waals surface area contributed by atoms with Crippen LogP contribution in [0.2, 0.25) is 0 Å². The van der Waals surface area contributed by atoms with Crippen LogP contribution in [0, 0.1) is 0 Å². The topological polar surface area (TPSA) is 29.5 Å². The maximum absolute atomic E-state index is 9.70. The first kappa shape index (κ1) is 11.7. The molecule has 14 heavy (non-hydrogen) atoms. The van der Waals surface area contributed by atoms with E-state index in [-0.39, 0.29) is 6.10 Å². The fourth-order valence-corrected chi connectivity index (χ4v) is 1.91. The third kappa shape index (κ3) is 4.22. The monoisotopic (exact) mass is 214 g/mol. The maximum atomic E-state index is 9.70. The van der Waals surface area contributed by atoms with Crippen molar-refractivity contribution in [2.45, 2.75) is 32.3 Å². The van der Waals surface area contributed by atoms with Gasteiger partial charge in [-0.15, -0.1) is 11.3 Å². The number of hydrogen-bond acceptors (Lipinski definition) is 3. The van der Waals surface area contributed by atoms with E-state index in [1.807, 2.05) is 17.5 Å². The molecule has 2 nitrogen and oxygen atoms in total. The number of hydrogen-bond donors (Lipinski definition) is 1. The summed E-state index contributed by atoms with van der Waals surface area (Å²) in [6, 6.07) is 3.92. The van der Waals surface area contributed by atoms with Gasteiger partial charge >= 0.3 is 0 Å². The van der Waals surface area contributed by atoms with E-state index >= 15 is 0 Å². The largest absolute Gasteiger partial charge is 0.387 e. The predicted octanol–water partition coefficient (Wildman–Crippen LogP) is 2.99. The van der Waals surface area contributed by atoms with Gasteiger partial charge < -0.3 is 9.84 Å². The van der Waals surface area contributed by atoms with Gasteiger partial charge in [0.25, 0.3) is 0 Å². The molecule has 0 aromatic carbocycles. The van der Waals surface area contributed by atoms with Gasteiger partial charge in [0.1, 0.15) is 0 Å². The van der Waals surface area contributed by atoms with Crippen molar-refractivity contribution in [2.24, 2.45) is 0 Å². The van der Waals surface area contributed by atoms with E-state index in [0.29, 0.717) is 13.0 Å². The van der Waals surface area contributed by atoms with Gasteiger partial charge in [-0.2, -0.15) is 0 Å². The molecule has 3 heteroatoms. The average molecular weight is 214 g/mol. The minimum atomic E-state index is -0.350. The molecule has 80 valence electrons. The summed E-state index contributed by atoms with van der Waals surface area (Å²) in [5.41, 5.74) is 0. The number of ether oxygens (including phenoxy) is 1. The van der Waals surface area contributed by atoms with Gasteiger partial charge in [-0.25, -0.2) is 0 Å². The molecule has 1 unspecified atom stereocenters. The van der Waals surface area contributed by atoms with E-state index < -0.39 is 0 Å². The molecular formula is C11H18O2S. The molecule has 1 heterocycles. The fourth-order valence-electron chi connectivity index (χ4n) is 1.17. The highest BCUT2D eigenvalue weighted by atomic mass is 32.1. The molecule has 0 aliphatic rings. The van der Waals surface area contributed by atoms with E-state index in [1.54, 1.807) is 11.3 Å². The van der Waals surface area contributed by atoms with E-state index in [1.165, 1.54) is 0 Å². The maximum Gasteiger partial charge on any atom is 0.0903 e. The van der Waals surface area contributed by atoms with E-state index in [4.69, 9.17) is 4.74 Å². The van der Waals surface area contributed by atoms with Gasteiger partial charge in [-0.05, 0) is 17.9 Å². The number of aliphatic hydroxyl groups is 1. The molecule has 0 aliphatic carbocycles. The minimum absolute atomic E-state index is 0.350. The molecule has 1 rings (SSSR count). The molecular weight excluding hydrogens is 196 g/mol. The second-order valence-corrected chi connectivity index (χ2v) is 4.27. The van der Waals surface area contributed by atoms with Crippen molar-refractivity contribution in [3.05, 3.63) is 22.4 Å². The summed E-state index contributed by atoms with van der Waals surface area (Å²) in [6.45, 7) is 3.61. The molecule has 1 aromatic rings. The van der Waals surface area contributed by atoms with Crippen LogP contribution in [0.4, 0.5) is 0 Å². The SMILES string of the molecule is CCCCOCCC(O)c1cccs1. The Balaban J connectivity index is 2.07. The summed E-state index contributed by atoms with van der Waals surface area (Å²) in [7, 11) is 0. The zero-order chi connectivity index (χ0) is 10.2. The molecule has 0 radical (unpaired) electrons. The lowest BCUT2D eigenvalue weighted by molar-refractivity contribution is 0.0819. The quantitative estimate of drug-likeness (QED) is 0.707. The summed E-state index contributed by atoms with van der Waals surface area (Å²) in [6.07, 6.45) is 2.61. The van der Waals surface area contributed by atoms with Crippen molar-refractivity contribution in [1.82, 2.24) is 0 Å². The molecule has 0 saturated carbocycles. The Bertz CT molecular complexity index is 221. The Labute approximate surface area is 89.5 Å². The molecule has 1 atom stereocenters. The van der Waals surface area contributed by atoms with Gasteiger partial charge in [0.15, 0.2) is 0 Å². The van der Waals surface area contributed by atoms with Crippen molar-refractivity contribution >= 4 is 11.3 Å². The summed E-state index contributed by atoms with van der Waals surface area (Å²) < 4.78 is 5.39. The van der Waals surface area contributed by atoms with Crippen LogP contribution in [0.3, 0.4) is 0 Å². The molecule has 0 bridgehead atoms. The van der Waals surface area contributed by atoms with Crippen molar-refractivity contribution in [2.75, 3.05) is 13.2 Å². The Kier molecular flexibility index (Phi) is 5.83. The van der Waals surface area contributed by atoms with Gasteiger partial charge in [-0.3, -0.25) is 0 Å². The standard InChI is InChI=1S/C11H18O2S/c1-2-3-7-13-8-6-10(12)11-5-4-9-14-11/h4-5,9-10,12H,2-3,6-8H2,1H3. The second kappa shape index (κ2) is 6.98. The van der Waals surface area contributed by atoms with Crippen LogP contribution in [0.25, 0.3) is 0 Å². The zero-order valence-corrected chi connectivity index (χ0v) is 9.43. The van der Waals surface area contributed by atoms with Crippen LogP contribution in [0.1, 0.15) is 37.2 Å².